The first-order valence-corrected chi connectivity index (χ1v) is 7.06. The molecule has 0 unspecified atom stereocenters. The Kier molecular flexibility index (Phi) is 5.16. The second-order valence-corrected chi connectivity index (χ2v) is 5.24. The molecule has 0 spiro atoms. The molecule has 0 N–H and O–H groups in total. The summed E-state index contributed by atoms with van der Waals surface area (Å²) >= 11 is 0. The van der Waals surface area contributed by atoms with Gasteiger partial charge in [-0.15, -0.1) is 0 Å². The maximum Gasteiger partial charge on any atom is 0.327 e. The Bertz CT molecular complexity index is 626. The van der Waals surface area contributed by atoms with Crippen molar-refractivity contribution < 1.29 is 40.9 Å². The molecule has 0 heterocycles. The second kappa shape index (κ2) is 6.76. The van der Waals surface area contributed by atoms with E-state index in [1.807, 2.05) is 0 Å². The van der Waals surface area contributed by atoms with E-state index < -0.39 is 55.5 Å². The van der Waals surface area contributed by atoms with Crippen LogP contribution in [0.2, 0.25) is 0 Å². The van der Waals surface area contributed by atoms with E-state index in [-0.39, 0.29) is 10.9 Å². The molecule has 0 bridgehead atoms. The van der Waals surface area contributed by atoms with Crippen LogP contribution in [0.4, 0.5) is 22.0 Å². The molecule has 1 aromatic rings. The maximum atomic E-state index is 13.5. The van der Waals surface area contributed by atoms with Crippen LogP contribution in [0.3, 0.4) is 0 Å². The summed E-state index contributed by atoms with van der Waals surface area (Å²) in [5.41, 5.74) is 0. The largest absolute Gasteiger partial charge is 0.461 e. The van der Waals surface area contributed by atoms with E-state index in [0.717, 1.165) is 6.92 Å². The number of esters is 1. The lowest BCUT2D eigenvalue weighted by Gasteiger charge is -2.21. The summed E-state index contributed by atoms with van der Waals surface area (Å²) in [4.78, 5) is 16.3. The molecular formula is C12H9F5NO4P. The van der Waals surface area contributed by atoms with Crippen LogP contribution in [-0.4, -0.2) is 22.9 Å². The normalized spacial score (nSPS) is 15.8. The molecule has 0 radical (unpaired) electrons. The van der Waals surface area contributed by atoms with Crippen molar-refractivity contribution in [1.29, 1.82) is 0 Å². The minimum atomic E-state index is -2.36. The van der Waals surface area contributed by atoms with E-state index in [1.54, 1.807) is 0 Å². The van der Waals surface area contributed by atoms with E-state index in [9.17, 15) is 31.3 Å². The highest BCUT2D eigenvalue weighted by atomic mass is 31.1. The van der Waals surface area contributed by atoms with E-state index in [4.69, 9.17) is 4.74 Å². The first-order chi connectivity index (χ1) is 10.8. The number of carbonyl (C=O) groups is 1. The van der Waals surface area contributed by atoms with Gasteiger partial charge in [-0.3, -0.25) is 9.36 Å². The predicted octanol–water partition coefficient (Wildman–Crippen LogP) is 3.28. The molecule has 1 saturated carbocycles. The van der Waals surface area contributed by atoms with Gasteiger partial charge in [0.25, 0.3) is 8.61 Å². The fourth-order valence-corrected chi connectivity index (χ4v) is 1.81. The first-order valence-electron chi connectivity index (χ1n) is 6.30. The van der Waals surface area contributed by atoms with Crippen LogP contribution in [0.15, 0.2) is 0 Å². The van der Waals surface area contributed by atoms with Gasteiger partial charge < -0.3 is 9.57 Å². The Labute approximate surface area is 128 Å². The fourth-order valence-electron chi connectivity index (χ4n) is 1.46. The van der Waals surface area contributed by atoms with Crippen LogP contribution in [0, 0.1) is 29.1 Å². The van der Waals surface area contributed by atoms with Crippen molar-refractivity contribution in [2.45, 2.75) is 31.9 Å². The van der Waals surface area contributed by atoms with Crippen LogP contribution < -0.4 is 4.84 Å². The van der Waals surface area contributed by atoms with Crippen molar-refractivity contribution in [3.8, 4) is 5.75 Å². The molecular weight excluding hydrogens is 348 g/mol. The Morgan fingerprint density at radius 3 is 2.00 bits per heavy atom. The highest BCUT2D eigenvalue weighted by Gasteiger charge is 2.35. The highest BCUT2D eigenvalue weighted by molar-refractivity contribution is 7.20. The van der Waals surface area contributed by atoms with Crippen molar-refractivity contribution in [3.05, 3.63) is 29.1 Å². The van der Waals surface area contributed by atoms with Crippen LogP contribution in [-0.2, 0) is 14.1 Å². The number of halogens is 5. The molecule has 0 aromatic heterocycles. The van der Waals surface area contributed by atoms with Gasteiger partial charge in [0.15, 0.2) is 6.04 Å². The second-order valence-electron chi connectivity index (χ2n) is 4.69. The van der Waals surface area contributed by atoms with Gasteiger partial charge in [-0.05, 0) is 24.6 Å². The number of ether oxygens (including phenoxy) is 1. The van der Waals surface area contributed by atoms with Gasteiger partial charge in [-0.25, -0.2) is 13.2 Å². The third-order valence-corrected chi connectivity index (χ3v) is 3.50. The molecule has 1 atom stereocenters. The molecule has 0 saturated heterocycles. The number of benzene rings is 1. The van der Waals surface area contributed by atoms with Gasteiger partial charge >= 0.3 is 5.97 Å². The van der Waals surface area contributed by atoms with Crippen LogP contribution in [0.1, 0.15) is 19.8 Å². The minimum absolute atomic E-state index is 0.197. The molecule has 1 fully saturated rings. The number of nitrogens with zero attached hydrogens (tertiary/aromatic N) is 1. The van der Waals surface area contributed by atoms with Gasteiger partial charge in [0.05, 0.1) is 0 Å². The minimum Gasteiger partial charge on any atom is -0.461 e. The molecule has 0 amide bonds. The van der Waals surface area contributed by atoms with Crippen molar-refractivity contribution in [2.24, 2.45) is 0 Å². The number of rotatable bonds is 6. The molecule has 1 aliphatic rings. The lowest BCUT2D eigenvalue weighted by atomic mass is 10.3. The first kappa shape index (κ1) is 17.6. The van der Waals surface area contributed by atoms with Crippen LogP contribution in [0.5, 0.6) is 5.75 Å². The SMILES string of the molecule is C[C@@H](C(=O)OC1CC1)N(Oc1c(F)c(F)c(F)c(F)c1F)P=O. The zero-order chi connectivity index (χ0) is 17.3. The average Bonchev–Trinajstić information content (AvgIpc) is 3.34. The van der Waals surface area contributed by atoms with E-state index >= 15 is 0 Å². The fraction of sp³-hybridized carbons (Fsp3) is 0.417. The van der Waals surface area contributed by atoms with E-state index in [1.165, 1.54) is 0 Å². The number of hydrogen-bond acceptors (Lipinski definition) is 4. The lowest BCUT2D eigenvalue weighted by molar-refractivity contribution is -0.155. The third kappa shape index (κ3) is 3.59. The average molecular weight is 357 g/mol. The zero-order valence-corrected chi connectivity index (χ0v) is 12.4. The van der Waals surface area contributed by atoms with Gasteiger partial charge in [0, 0.05) is 0 Å². The smallest absolute Gasteiger partial charge is 0.327 e. The summed E-state index contributed by atoms with van der Waals surface area (Å²) in [6, 6.07) is -1.41. The Hall–Kier alpha value is -1.80. The quantitative estimate of drug-likeness (QED) is 0.195. The summed E-state index contributed by atoms with van der Waals surface area (Å²) < 4.78 is 81.9. The summed E-state index contributed by atoms with van der Waals surface area (Å²) in [7, 11) is -1.05. The molecule has 5 nitrogen and oxygen atoms in total. The number of hydrogen-bond donors (Lipinski definition) is 0. The molecule has 23 heavy (non-hydrogen) atoms. The lowest BCUT2D eigenvalue weighted by Crippen LogP contribution is -2.37. The topological polar surface area (TPSA) is 55.8 Å². The monoisotopic (exact) mass is 357 g/mol. The van der Waals surface area contributed by atoms with Gasteiger partial charge in [0.1, 0.15) is 6.10 Å². The van der Waals surface area contributed by atoms with Gasteiger partial charge in [-0.2, -0.15) is 8.78 Å². The Balaban J connectivity index is 2.24. The molecule has 0 aliphatic heterocycles. The molecule has 1 aromatic carbocycles. The van der Waals surface area contributed by atoms with Gasteiger partial charge in [-0.1, -0.05) is 0 Å². The summed E-state index contributed by atoms with van der Waals surface area (Å²) in [5.74, 6) is -13.9. The predicted molar refractivity (Wildman–Crippen MR) is 64.9 cm³/mol. The molecule has 126 valence electrons. The van der Waals surface area contributed by atoms with Gasteiger partial charge in [0.2, 0.25) is 34.8 Å². The third-order valence-electron chi connectivity index (χ3n) is 2.91. The molecule has 2 rings (SSSR count). The summed E-state index contributed by atoms with van der Waals surface area (Å²) in [6.07, 6.45) is 0.988. The zero-order valence-electron chi connectivity index (χ0n) is 11.5. The van der Waals surface area contributed by atoms with Crippen molar-refractivity contribution in [3.63, 3.8) is 0 Å². The van der Waals surface area contributed by atoms with E-state index in [2.05, 4.69) is 4.84 Å². The number of hydroxylamine groups is 1. The van der Waals surface area contributed by atoms with Crippen molar-refractivity contribution in [1.82, 2.24) is 4.83 Å². The van der Waals surface area contributed by atoms with Crippen LogP contribution >= 0.6 is 8.61 Å². The number of carbonyl (C=O) groups excluding carboxylic acids is 1. The van der Waals surface area contributed by atoms with Crippen LogP contribution in [0.25, 0.3) is 0 Å². The summed E-state index contributed by atoms with van der Waals surface area (Å²) in [5, 5.41) is 0. The molecule has 11 heteroatoms. The maximum absolute atomic E-state index is 13.5. The summed E-state index contributed by atoms with van der Waals surface area (Å²) in [6.45, 7) is 1.13. The standard InChI is InChI=1S/C12H9F5NO4P/c1-4(12(19)21-5-2-3-5)18(23-20)22-11-9(16)7(14)6(13)8(15)10(11)17/h4-5H,2-3H2,1H3/t4-/m0/s1. The highest BCUT2D eigenvalue weighted by Crippen LogP contribution is 2.32. The Morgan fingerprint density at radius 1 is 1.09 bits per heavy atom. The van der Waals surface area contributed by atoms with E-state index in [0.29, 0.717) is 12.8 Å². The molecule has 1 aliphatic carbocycles. The van der Waals surface area contributed by atoms with Crippen molar-refractivity contribution >= 4 is 14.6 Å². The van der Waals surface area contributed by atoms with Crippen molar-refractivity contribution in [2.75, 3.05) is 0 Å². The Morgan fingerprint density at radius 2 is 1.57 bits per heavy atom.